The minimum Gasteiger partial charge on any atom is -0.320 e. The van der Waals surface area contributed by atoms with Crippen LogP contribution in [0.4, 0.5) is 5.69 Å². The van der Waals surface area contributed by atoms with Crippen LogP contribution in [0.3, 0.4) is 0 Å². The van der Waals surface area contributed by atoms with Gasteiger partial charge in [0.15, 0.2) is 0 Å². The van der Waals surface area contributed by atoms with Crippen molar-refractivity contribution in [1.82, 2.24) is 5.32 Å². The zero-order valence-electron chi connectivity index (χ0n) is 9.66. The Kier molecular flexibility index (Phi) is 3.53. The molecule has 1 amide bonds. The fourth-order valence-corrected chi connectivity index (χ4v) is 2.38. The molecule has 1 aromatic carbocycles. The number of benzene rings is 1. The van der Waals surface area contributed by atoms with Gasteiger partial charge < -0.3 is 5.32 Å². The zero-order valence-corrected chi connectivity index (χ0v) is 10.6. The average Bonchev–Trinajstić information content (AvgIpc) is 2.37. The first-order chi connectivity index (χ1) is 9.04. The lowest BCUT2D eigenvalue weighted by Gasteiger charge is -2.22. The predicted molar refractivity (Wildman–Crippen MR) is 70.2 cm³/mol. The second-order valence-corrected chi connectivity index (χ2v) is 4.44. The third-order valence-electron chi connectivity index (χ3n) is 2.88. The van der Waals surface area contributed by atoms with Gasteiger partial charge in [-0.05, 0) is 0 Å². The molecule has 6 nitrogen and oxygen atoms in total. The second-order valence-electron chi connectivity index (χ2n) is 3.99. The topological polar surface area (TPSA) is 96.0 Å². The van der Waals surface area contributed by atoms with Crippen LogP contribution in [0.15, 0.2) is 34.9 Å². The van der Waals surface area contributed by atoms with E-state index >= 15 is 0 Å². The fraction of sp³-hybridized carbons (Fsp3) is 0.167. The van der Waals surface area contributed by atoms with E-state index in [-0.39, 0.29) is 28.6 Å². The zero-order chi connectivity index (χ0) is 14.0. The molecule has 96 valence electrons. The lowest BCUT2D eigenvalue weighted by molar-refractivity contribution is -0.385. The molecule has 0 saturated carbocycles. The first-order valence-corrected chi connectivity index (χ1v) is 5.85. The highest BCUT2D eigenvalue weighted by Crippen LogP contribution is 2.37. The quantitative estimate of drug-likeness (QED) is 0.489. The summed E-state index contributed by atoms with van der Waals surface area (Å²) in [7, 11) is 0. The van der Waals surface area contributed by atoms with Crippen molar-refractivity contribution in [3.05, 3.63) is 50.5 Å². The summed E-state index contributed by atoms with van der Waals surface area (Å²) in [5.74, 6) is -0.944. The molecule has 19 heavy (non-hydrogen) atoms. The van der Waals surface area contributed by atoms with Crippen molar-refractivity contribution in [2.75, 3.05) is 0 Å². The van der Waals surface area contributed by atoms with Crippen LogP contribution in [-0.4, -0.2) is 10.8 Å². The maximum atomic E-state index is 11.5. The van der Waals surface area contributed by atoms with E-state index in [4.69, 9.17) is 5.26 Å². The Hall–Kier alpha value is -2.33. The standard InChI is InChI=1S/C12H9N3O3S/c13-6-9-8(5-11(16)14-12(9)19)7-3-1-2-4-10(7)15(17)18/h1-4,8,19H,5H2,(H,14,16). The minimum atomic E-state index is -0.632. The van der Waals surface area contributed by atoms with Crippen LogP contribution in [0.25, 0.3) is 0 Å². The van der Waals surface area contributed by atoms with Gasteiger partial charge in [-0.15, -0.1) is 12.6 Å². The number of carbonyl (C=O) groups excluding carboxylic acids is 1. The van der Waals surface area contributed by atoms with E-state index in [2.05, 4.69) is 17.9 Å². The summed E-state index contributed by atoms with van der Waals surface area (Å²) < 4.78 is 0. The highest BCUT2D eigenvalue weighted by molar-refractivity contribution is 7.84. The Labute approximate surface area is 114 Å². The van der Waals surface area contributed by atoms with Crippen LogP contribution in [0.5, 0.6) is 0 Å². The van der Waals surface area contributed by atoms with E-state index in [0.717, 1.165) is 0 Å². The average molecular weight is 275 g/mol. The number of thiol groups is 1. The molecule has 0 fully saturated rings. The van der Waals surface area contributed by atoms with Gasteiger partial charge in [-0.3, -0.25) is 14.9 Å². The number of rotatable bonds is 2. The number of nitrogens with zero attached hydrogens (tertiary/aromatic N) is 2. The summed E-state index contributed by atoms with van der Waals surface area (Å²) in [5.41, 5.74) is 0.485. The van der Waals surface area contributed by atoms with E-state index in [9.17, 15) is 14.9 Å². The summed E-state index contributed by atoms with van der Waals surface area (Å²) in [4.78, 5) is 22.0. The normalized spacial score (nSPS) is 18.7. The number of carbonyl (C=O) groups is 1. The molecule has 7 heteroatoms. The van der Waals surface area contributed by atoms with Crippen molar-refractivity contribution >= 4 is 24.2 Å². The number of allylic oxidation sites excluding steroid dienone is 1. The van der Waals surface area contributed by atoms with Crippen LogP contribution in [0.1, 0.15) is 17.9 Å². The van der Waals surface area contributed by atoms with Crippen molar-refractivity contribution in [1.29, 1.82) is 5.26 Å². The number of nitro groups is 1. The Morgan fingerprint density at radius 1 is 1.47 bits per heavy atom. The first kappa shape index (κ1) is 13.1. The van der Waals surface area contributed by atoms with Crippen LogP contribution in [0, 0.1) is 21.4 Å². The lowest BCUT2D eigenvalue weighted by Crippen LogP contribution is -2.30. The van der Waals surface area contributed by atoms with Gasteiger partial charge in [-0.1, -0.05) is 18.2 Å². The van der Waals surface area contributed by atoms with Gasteiger partial charge in [-0.2, -0.15) is 5.26 Å². The van der Waals surface area contributed by atoms with E-state index in [0.29, 0.717) is 5.56 Å². The Morgan fingerprint density at radius 2 is 2.16 bits per heavy atom. The molecule has 0 bridgehead atoms. The summed E-state index contributed by atoms with van der Waals surface area (Å²) in [5, 5.41) is 22.7. The SMILES string of the molecule is N#CC1=C(S)NC(=O)CC1c1ccccc1[N+](=O)[O-]. The number of hydrogen-bond acceptors (Lipinski definition) is 5. The number of hydrogen-bond donors (Lipinski definition) is 2. The third-order valence-corrected chi connectivity index (χ3v) is 3.23. The molecule has 0 spiro atoms. The molecular weight excluding hydrogens is 266 g/mol. The molecule has 0 saturated heterocycles. The van der Waals surface area contributed by atoms with Gasteiger partial charge in [0.25, 0.3) is 5.69 Å². The molecule has 1 aromatic rings. The number of nitro benzene ring substituents is 1. The van der Waals surface area contributed by atoms with E-state index in [1.165, 1.54) is 6.07 Å². The number of amides is 1. The van der Waals surface area contributed by atoms with Crippen LogP contribution in [0.2, 0.25) is 0 Å². The molecule has 2 rings (SSSR count). The number of nitriles is 1. The predicted octanol–water partition coefficient (Wildman–Crippen LogP) is 1.86. The summed E-state index contributed by atoms with van der Waals surface area (Å²) in [6.45, 7) is 0. The summed E-state index contributed by atoms with van der Waals surface area (Å²) in [6.07, 6.45) is -0.00218. The van der Waals surface area contributed by atoms with Crippen molar-refractivity contribution < 1.29 is 9.72 Å². The molecular formula is C12H9N3O3S. The van der Waals surface area contributed by atoms with Gasteiger partial charge >= 0.3 is 0 Å². The smallest absolute Gasteiger partial charge is 0.273 e. The molecule has 1 N–H and O–H groups in total. The Balaban J connectivity index is 2.58. The van der Waals surface area contributed by atoms with Crippen molar-refractivity contribution in [3.63, 3.8) is 0 Å². The molecule has 1 unspecified atom stereocenters. The van der Waals surface area contributed by atoms with Gasteiger partial charge in [-0.25, -0.2) is 0 Å². The van der Waals surface area contributed by atoms with Gasteiger partial charge in [0.1, 0.15) is 0 Å². The second kappa shape index (κ2) is 5.12. The lowest BCUT2D eigenvalue weighted by atomic mass is 9.86. The highest BCUT2D eigenvalue weighted by atomic mass is 32.1. The van der Waals surface area contributed by atoms with Crippen LogP contribution < -0.4 is 5.32 Å². The van der Waals surface area contributed by atoms with Gasteiger partial charge in [0, 0.05) is 24.0 Å². The van der Waals surface area contributed by atoms with Crippen LogP contribution >= 0.6 is 12.6 Å². The highest BCUT2D eigenvalue weighted by Gasteiger charge is 2.32. The van der Waals surface area contributed by atoms with Crippen molar-refractivity contribution in [3.8, 4) is 6.07 Å². The molecule has 1 heterocycles. The van der Waals surface area contributed by atoms with Gasteiger partial charge in [0.05, 0.1) is 21.6 Å². The molecule has 1 aliphatic rings. The Bertz CT molecular complexity index is 633. The largest absolute Gasteiger partial charge is 0.320 e. The van der Waals surface area contributed by atoms with Gasteiger partial charge in [0.2, 0.25) is 5.91 Å². The molecule has 0 aliphatic carbocycles. The van der Waals surface area contributed by atoms with Crippen LogP contribution in [-0.2, 0) is 4.79 Å². The molecule has 1 atom stereocenters. The summed E-state index contributed by atoms with van der Waals surface area (Å²) in [6, 6.07) is 8.05. The van der Waals surface area contributed by atoms with Crippen molar-refractivity contribution in [2.24, 2.45) is 0 Å². The summed E-state index contributed by atoms with van der Waals surface area (Å²) >= 11 is 4.05. The van der Waals surface area contributed by atoms with Crippen molar-refractivity contribution in [2.45, 2.75) is 12.3 Å². The maximum Gasteiger partial charge on any atom is 0.273 e. The fourth-order valence-electron chi connectivity index (χ4n) is 2.05. The van der Waals surface area contributed by atoms with E-state index < -0.39 is 10.8 Å². The number of nitrogens with one attached hydrogen (secondary N) is 1. The molecule has 0 radical (unpaired) electrons. The van der Waals surface area contributed by atoms with E-state index in [1.54, 1.807) is 18.2 Å². The third kappa shape index (κ3) is 2.44. The maximum absolute atomic E-state index is 11.5. The Morgan fingerprint density at radius 3 is 2.79 bits per heavy atom. The monoisotopic (exact) mass is 275 g/mol. The number of para-hydroxylation sites is 1. The van der Waals surface area contributed by atoms with E-state index in [1.807, 2.05) is 6.07 Å². The first-order valence-electron chi connectivity index (χ1n) is 5.41. The minimum absolute atomic E-state index is 0.00218. The molecule has 1 aliphatic heterocycles. The molecule has 0 aromatic heterocycles.